The second kappa shape index (κ2) is 4.65. The smallest absolute Gasteiger partial charge is 0.0477 e. The maximum atomic E-state index is 3.41. The van der Waals surface area contributed by atoms with E-state index in [1.165, 1.54) is 41.7 Å². The number of fused-ring (bicyclic) bond motifs is 1. The van der Waals surface area contributed by atoms with Crippen LogP contribution in [0.25, 0.3) is 10.9 Å². The lowest BCUT2D eigenvalue weighted by molar-refractivity contribution is 0.414. The van der Waals surface area contributed by atoms with Crippen LogP contribution in [0, 0.1) is 0 Å². The van der Waals surface area contributed by atoms with E-state index in [-0.39, 0.29) is 0 Å². The van der Waals surface area contributed by atoms with Gasteiger partial charge in [0.05, 0.1) is 0 Å². The summed E-state index contributed by atoms with van der Waals surface area (Å²) in [4.78, 5) is 8.07. The third kappa shape index (κ3) is 2.10. The van der Waals surface area contributed by atoms with Gasteiger partial charge < -0.3 is 14.8 Å². The highest BCUT2D eigenvalue weighted by Gasteiger charge is 2.15. The molecule has 3 heteroatoms. The molecule has 18 heavy (non-hydrogen) atoms. The topological polar surface area (TPSA) is 22.3 Å². The Morgan fingerprint density at radius 1 is 1.28 bits per heavy atom. The minimum atomic E-state index is 1.10. The summed E-state index contributed by atoms with van der Waals surface area (Å²) in [5.74, 6) is 0. The van der Waals surface area contributed by atoms with Gasteiger partial charge in [0, 0.05) is 42.4 Å². The van der Waals surface area contributed by atoms with Gasteiger partial charge in [-0.1, -0.05) is 6.07 Å². The zero-order valence-corrected chi connectivity index (χ0v) is 11.2. The largest absolute Gasteiger partial charge is 0.371 e. The second-order valence-corrected chi connectivity index (χ2v) is 5.44. The average Bonchev–Trinajstić information content (AvgIpc) is 2.66. The number of nitrogens with one attached hydrogen (secondary N) is 1. The SMILES string of the molecule is CN(C)CCc1c[nH]c2cc(N3CCC3)ccc12. The molecule has 0 bridgehead atoms. The number of hydrogen-bond acceptors (Lipinski definition) is 2. The van der Waals surface area contributed by atoms with Crippen molar-refractivity contribution in [1.29, 1.82) is 0 Å². The zero-order chi connectivity index (χ0) is 12.5. The lowest BCUT2D eigenvalue weighted by Gasteiger charge is -2.33. The molecular formula is C15H21N3. The summed E-state index contributed by atoms with van der Waals surface area (Å²) < 4.78 is 0. The van der Waals surface area contributed by atoms with E-state index in [2.05, 4.69) is 53.3 Å². The first-order valence-electron chi connectivity index (χ1n) is 6.74. The first-order valence-corrected chi connectivity index (χ1v) is 6.74. The molecule has 1 saturated heterocycles. The Labute approximate surface area is 108 Å². The van der Waals surface area contributed by atoms with Gasteiger partial charge in [0.1, 0.15) is 0 Å². The molecule has 1 aromatic carbocycles. The van der Waals surface area contributed by atoms with Crippen LogP contribution in [0.4, 0.5) is 5.69 Å². The van der Waals surface area contributed by atoms with E-state index >= 15 is 0 Å². The third-order valence-electron chi connectivity index (χ3n) is 3.80. The van der Waals surface area contributed by atoms with Gasteiger partial charge in [0.2, 0.25) is 0 Å². The van der Waals surface area contributed by atoms with E-state index in [1.807, 2.05) is 0 Å². The monoisotopic (exact) mass is 243 g/mol. The minimum absolute atomic E-state index is 1.10. The van der Waals surface area contributed by atoms with Crippen LogP contribution in [0.2, 0.25) is 0 Å². The maximum Gasteiger partial charge on any atom is 0.0477 e. The first kappa shape index (κ1) is 11.6. The van der Waals surface area contributed by atoms with E-state index in [0.717, 1.165) is 13.0 Å². The molecule has 96 valence electrons. The molecule has 0 amide bonds. The van der Waals surface area contributed by atoms with Crippen molar-refractivity contribution in [3.05, 3.63) is 30.0 Å². The zero-order valence-electron chi connectivity index (χ0n) is 11.2. The van der Waals surface area contributed by atoms with Crippen LogP contribution in [-0.4, -0.2) is 43.6 Å². The average molecular weight is 243 g/mol. The lowest BCUT2D eigenvalue weighted by atomic mass is 10.1. The van der Waals surface area contributed by atoms with Crippen LogP contribution in [0.1, 0.15) is 12.0 Å². The summed E-state index contributed by atoms with van der Waals surface area (Å²) >= 11 is 0. The van der Waals surface area contributed by atoms with E-state index < -0.39 is 0 Å². The van der Waals surface area contributed by atoms with Gasteiger partial charge in [-0.2, -0.15) is 0 Å². The van der Waals surface area contributed by atoms with Gasteiger partial charge >= 0.3 is 0 Å². The molecule has 0 saturated carbocycles. The highest BCUT2D eigenvalue weighted by atomic mass is 15.2. The molecule has 0 spiro atoms. The van der Waals surface area contributed by atoms with Crippen molar-refractivity contribution < 1.29 is 0 Å². The Morgan fingerprint density at radius 3 is 2.78 bits per heavy atom. The van der Waals surface area contributed by atoms with Crippen LogP contribution >= 0.6 is 0 Å². The number of aromatic nitrogens is 1. The van der Waals surface area contributed by atoms with E-state index in [0.29, 0.717) is 0 Å². The quantitative estimate of drug-likeness (QED) is 0.891. The van der Waals surface area contributed by atoms with Crippen molar-refractivity contribution in [3.63, 3.8) is 0 Å². The summed E-state index contributed by atoms with van der Waals surface area (Å²) in [6.07, 6.45) is 4.60. The predicted molar refractivity (Wildman–Crippen MR) is 77.4 cm³/mol. The van der Waals surface area contributed by atoms with Gasteiger partial charge in [-0.15, -0.1) is 0 Å². The fourth-order valence-electron chi connectivity index (χ4n) is 2.50. The molecule has 1 aliphatic heterocycles. The maximum absolute atomic E-state index is 3.41. The number of benzene rings is 1. The summed E-state index contributed by atoms with van der Waals surface area (Å²) in [6.45, 7) is 3.51. The van der Waals surface area contributed by atoms with Crippen LogP contribution in [0.15, 0.2) is 24.4 Å². The Morgan fingerprint density at radius 2 is 2.11 bits per heavy atom. The number of likely N-dealkylation sites (N-methyl/N-ethyl adjacent to an activating group) is 1. The van der Waals surface area contributed by atoms with Gasteiger partial charge in [0.15, 0.2) is 0 Å². The molecular weight excluding hydrogens is 222 g/mol. The Bertz CT molecular complexity index is 538. The molecule has 2 heterocycles. The predicted octanol–water partition coefficient (Wildman–Crippen LogP) is 2.48. The number of rotatable bonds is 4. The van der Waals surface area contributed by atoms with Gasteiger partial charge in [-0.05, 0) is 44.6 Å². The fraction of sp³-hybridized carbons (Fsp3) is 0.467. The third-order valence-corrected chi connectivity index (χ3v) is 3.80. The molecule has 0 aliphatic carbocycles. The Kier molecular flexibility index (Phi) is 3.00. The van der Waals surface area contributed by atoms with Crippen molar-refractivity contribution in [2.45, 2.75) is 12.8 Å². The lowest BCUT2D eigenvalue weighted by Crippen LogP contribution is -2.36. The van der Waals surface area contributed by atoms with Gasteiger partial charge in [-0.25, -0.2) is 0 Å². The molecule has 0 atom stereocenters. The molecule has 3 nitrogen and oxygen atoms in total. The summed E-state index contributed by atoms with van der Waals surface area (Å²) in [7, 11) is 4.24. The number of nitrogens with zero attached hydrogens (tertiary/aromatic N) is 2. The Hall–Kier alpha value is -1.48. The van der Waals surface area contributed by atoms with Gasteiger partial charge in [0.25, 0.3) is 0 Å². The van der Waals surface area contributed by atoms with Crippen molar-refractivity contribution in [1.82, 2.24) is 9.88 Å². The van der Waals surface area contributed by atoms with E-state index in [4.69, 9.17) is 0 Å². The second-order valence-electron chi connectivity index (χ2n) is 5.44. The van der Waals surface area contributed by atoms with E-state index in [1.54, 1.807) is 0 Å². The minimum Gasteiger partial charge on any atom is -0.371 e. The molecule has 3 rings (SSSR count). The normalized spacial score (nSPS) is 15.4. The fourth-order valence-corrected chi connectivity index (χ4v) is 2.50. The highest BCUT2D eigenvalue weighted by Crippen LogP contribution is 2.27. The van der Waals surface area contributed by atoms with Crippen molar-refractivity contribution in [2.75, 3.05) is 38.6 Å². The van der Waals surface area contributed by atoms with Crippen molar-refractivity contribution >= 4 is 16.6 Å². The van der Waals surface area contributed by atoms with Crippen LogP contribution in [0.5, 0.6) is 0 Å². The number of hydrogen-bond donors (Lipinski definition) is 1. The first-order chi connectivity index (χ1) is 8.74. The molecule has 2 aromatic rings. The standard InChI is InChI=1S/C15H21N3/c1-17(2)9-6-12-11-16-15-10-13(4-5-14(12)15)18-7-3-8-18/h4-5,10-11,16H,3,6-9H2,1-2H3. The number of H-pyrrole nitrogens is 1. The molecule has 1 aromatic heterocycles. The number of aromatic amines is 1. The van der Waals surface area contributed by atoms with Crippen LogP contribution in [0.3, 0.4) is 0 Å². The highest BCUT2D eigenvalue weighted by molar-refractivity contribution is 5.86. The summed E-state index contributed by atoms with van der Waals surface area (Å²) in [6, 6.07) is 6.81. The van der Waals surface area contributed by atoms with E-state index in [9.17, 15) is 0 Å². The molecule has 1 fully saturated rings. The summed E-state index contributed by atoms with van der Waals surface area (Å²) in [5.41, 5.74) is 4.05. The molecule has 0 radical (unpaired) electrons. The Balaban J connectivity index is 1.85. The van der Waals surface area contributed by atoms with Crippen LogP contribution < -0.4 is 4.90 Å². The van der Waals surface area contributed by atoms with Crippen LogP contribution in [-0.2, 0) is 6.42 Å². The number of anilines is 1. The summed E-state index contributed by atoms with van der Waals surface area (Å²) in [5, 5.41) is 1.38. The van der Waals surface area contributed by atoms with Crippen molar-refractivity contribution in [2.24, 2.45) is 0 Å². The van der Waals surface area contributed by atoms with Crippen molar-refractivity contribution in [3.8, 4) is 0 Å². The van der Waals surface area contributed by atoms with Gasteiger partial charge in [-0.3, -0.25) is 0 Å². The molecule has 1 N–H and O–H groups in total. The molecule has 0 unspecified atom stereocenters. The molecule has 1 aliphatic rings.